The number of likely N-dealkylation sites (tertiary alicyclic amines) is 1. The lowest BCUT2D eigenvalue weighted by molar-refractivity contribution is -0.136. The number of nitrogens with one attached hydrogen (secondary N) is 2. The summed E-state index contributed by atoms with van der Waals surface area (Å²) in [5.74, 6) is 0.381. The molecule has 1 aliphatic carbocycles. The molecule has 0 aromatic heterocycles. The second-order valence-electron chi connectivity index (χ2n) is 7.88. The van der Waals surface area contributed by atoms with Gasteiger partial charge in [-0.25, -0.2) is 0 Å². The predicted molar refractivity (Wildman–Crippen MR) is 110 cm³/mol. The van der Waals surface area contributed by atoms with Gasteiger partial charge in [-0.3, -0.25) is 14.4 Å². The lowest BCUT2D eigenvalue weighted by atomic mass is 9.95. The lowest BCUT2D eigenvalue weighted by Gasteiger charge is -2.33. The van der Waals surface area contributed by atoms with Crippen LogP contribution in [-0.4, -0.2) is 42.3 Å². The molecule has 2 N–H and O–H groups in total. The standard InChI is InChI=1S/C21H28BrN3O3/c1-14(26)24-19(16-6-8-18(22)9-7-16)11-20(27)25-10-2-3-17(13-25)21(28)23-12-15-4-5-15/h6-9,15,17,19H,2-5,10-13H2,1H3,(H,23,28)(H,24,26). The number of benzene rings is 1. The Morgan fingerprint density at radius 1 is 1.18 bits per heavy atom. The Balaban J connectivity index is 1.59. The zero-order valence-electron chi connectivity index (χ0n) is 16.2. The first kappa shape index (κ1) is 20.8. The molecule has 2 atom stereocenters. The van der Waals surface area contributed by atoms with E-state index in [4.69, 9.17) is 0 Å². The minimum atomic E-state index is -0.373. The van der Waals surface area contributed by atoms with Gasteiger partial charge in [-0.15, -0.1) is 0 Å². The summed E-state index contributed by atoms with van der Waals surface area (Å²) in [4.78, 5) is 38.7. The maximum atomic E-state index is 12.9. The van der Waals surface area contributed by atoms with Crippen molar-refractivity contribution < 1.29 is 14.4 Å². The molecule has 0 radical (unpaired) electrons. The molecule has 2 fully saturated rings. The van der Waals surface area contributed by atoms with E-state index in [0.29, 0.717) is 19.0 Å². The van der Waals surface area contributed by atoms with E-state index >= 15 is 0 Å². The van der Waals surface area contributed by atoms with Crippen molar-refractivity contribution in [1.29, 1.82) is 0 Å². The van der Waals surface area contributed by atoms with Gasteiger partial charge in [0, 0.05) is 31.0 Å². The Kier molecular flexibility index (Phi) is 7.10. The van der Waals surface area contributed by atoms with Gasteiger partial charge < -0.3 is 15.5 Å². The molecular formula is C21H28BrN3O3. The molecule has 0 spiro atoms. The second-order valence-corrected chi connectivity index (χ2v) is 8.79. The minimum Gasteiger partial charge on any atom is -0.356 e. The third-order valence-corrected chi connectivity index (χ3v) is 5.96. The fourth-order valence-corrected chi connectivity index (χ4v) is 3.89. The number of carbonyl (C=O) groups is 3. The van der Waals surface area contributed by atoms with Crippen LogP contribution in [0.4, 0.5) is 0 Å². The number of piperidine rings is 1. The molecule has 1 aromatic rings. The molecule has 3 rings (SSSR count). The van der Waals surface area contributed by atoms with Crippen LogP contribution in [0.5, 0.6) is 0 Å². The Hall–Kier alpha value is -1.89. The zero-order chi connectivity index (χ0) is 20.1. The van der Waals surface area contributed by atoms with Gasteiger partial charge in [0.2, 0.25) is 17.7 Å². The molecule has 28 heavy (non-hydrogen) atoms. The second kappa shape index (κ2) is 9.54. The Bertz CT molecular complexity index is 718. The van der Waals surface area contributed by atoms with Gasteiger partial charge in [-0.1, -0.05) is 28.1 Å². The summed E-state index contributed by atoms with van der Waals surface area (Å²) in [6.07, 6.45) is 4.25. The van der Waals surface area contributed by atoms with E-state index < -0.39 is 0 Å². The van der Waals surface area contributed by atoms with Gasteiger partial charge in [0.05, 0.1) is 18.4 Å². The average molecular weight is 450 g/mol. The highest BCUT2D eigenvalue weighted by Gasteiger charge is 2.31. The highest BCUT2D eigenvalue weighted by Crippen LogP contribution is 2.28. The number of rotatable bonds is 7. The van der Waals surface area contributed by atoms with Gasteiger partial charge in [-0.2, -0.15) is 0 Å². The SMILES string of the molecule is CC(=O)NC(CC(=O)N1CCCC(C(=O)NCC2CC2)C1)c1ccc(Br)cc1. The van der Waals surface area contributed by atoms with Crippen molar-refractivity contribution >= 4 is 33.7 Å². The van der Waals surface area contributed by atoms with E-state index in [0.717, 1.165) is 29.4 Å². The monoisotopic (exact) mass is 449 g/mol. The number of carbonyl (C=O) groups excluding carboxylic acids is 3. The first-order valence-corrected chi connectivity index (χ1v) is 10.8. The molecule has 1 heterocycles. The van der Waals surface area contributed by atoms with Crippen LogP contribution in [0.1, 0.15) is 50.6 Å². The summed E-state index contributed by atoms with van der Waals surface area (Å²) in [5, 5.41) is 5.91. The van der Waals surface area contributed by atoms with Crippen LogP contribution in [0.15, 0.2) is 28.7 Å². The molecule has 2 aliphatic rings. The molecule has 6 nitrogen and oxygen atoms in total. The summed E-state index contributed by atoms with van der Waals surface area (Å²) in [6, 6.07) is 7.23. The molecule has 2 unspecified atom stereocenters. The van der Waals surface area contributed by atoms with Crippen LogP contribution in [0.3, 0.4) is 0 Å². The molecule has 1 aliphatic heterocycles. The summed E-state index contributed by atoms with van der Waals surface area (Å²) in [6.45, 7) is 3.34. The summed E-state index contributed by atoms with van der Waals surface area (Å²) >= 11 is 3.40. The first-order valence-electron chi connectivity index (χ1n) is 10.0. The lowest BCUT2D eigenvalue weighted by Crippen LogP contribution is -2.46. The number of amides is 3. The van der Waals surface area contributed by atoms with Crippen LogP contribution >= 0.6 is 15.9 Å². The topological polar surface area (TPSA) is 78.5 Å². The first-order chi connectivity index (χ1) is 13.4. The van der Waals surface area contributed by atoms with Crippen molar-refractivity contribution in [2.75, 3.05) is 19.6 Å². The summed E-state index contributed by atoms with van der Waals surface area (Å²) in [7, 11) is 0. The van der Waals surface area contributed by atoms with Crippen LogP contribution < -0.4 is 10.6 Å². The van der Waals surface area contributed by atoms with E-state index in [1.165, 1.54) is 19.8 Å². The van der Waals surface area contributed by atoms with E-state index in [-0.39, 0.29) is 36.1 Å². The van der Waals surface area contributed by atoms with E-state index in [1.54, 1.807) is 4.90 Å². The van der Waals surface area contributed by atoms with Gasteiger partial charge >= 0.3 is 0 Å². The third-order valence-electron chi connectivity index (χ3n) is 5.44. The Morgan fingerprint density at radius 3 is 2.54 bits per heavy atom. The third kappa shape index (κ3) is 6.06. The molecule has 1 aromatic carbocycles. The number of halogens is 1. The molecular weight excluding hydrogens is 422 g/mol. The number of hydrogen-bond acceptors (Lipinski definition) is 3. The predicted octanol–water partition coefficient (Wildman–Crippen LogP) is 2.78. The quantitative estimate of drug-likeness (QED) is 0.671. The molecule has 152 valence electrons. The zero-order valence-corrected chi connectivity index (χ0v) is 17.8. The summed E-state index contributed by atoms with van der Waals surface area (Å²) < 4.78 is 0.945. The fraction of sp³-hybridized carbons (Fsp3) is 0.571. The summed E-state index contributed by atoms with van der Waals surface area (Å²) in [5.41, 5.74) is 0.891. The van der Waals surface area contributed by atoms with Crippen LogP contribution in [-0.2, 0) is 14.4 Å². The molecule has 3 amide bonds. The normalized spacial score (nSPS) is 20.4. The average Bonchev–Trinajstić information content (AvgIpc) is 3.50. The molecule has 1 saturated heterocycles. The molecule has 0 bridgehead atoms. The molecule has 7 heteroatoms. The molecule has 1 saturated carbocycles. The van der Waals surface area contributed by atoms with Crippen LogP contribution in [0.25, 0.3) is 0 Å². The largest absolute Gasteiger partial charge is 0.356 e. The highest BCUT2D eigenvalue weighted by molar-refractivity contribution is 9.10. The van der Waals surface area contributed by atoms with Gasteiger partial charge in [0.1, 0.15) is 0 Å². The number of hydrogen-bond donors (Lipinski definition) is 2. The van der Waals surface area contributed by atoms with Crippen molar-refractivity contribution in [3.8, 4) is 0 Å². The van der Waals surface area contributed by atoms with E-state index in [2.05, 4.69) is 26.6 Å². The maximum absolute atomic E-state index is 12.9. The van der Waals surface area contributed by atoms with Crippen molar-refractivity contribution in [2.24, 2.45) is 11.8 Å². The minimum absolute atomic E-state index is 0.0265. The van der Waals surface area contributed by atoms with E-state index in [9.17, 15) is 14.4 Å². The van der Waals surface area contributed by atoms with Crippen molar-refractivity contribution in [3.63, 3.8) is 0 Å². The van der Waals surface area contributed by atoms with Gasteiger partial charge in [0.25, 0.3) is 0 Å². The van der Waals surface area contributed by atoms with E-state index in [1.807, 2.05) is 24.3 Å². The highest BCUT2D eigenvalue weighted by atomic mass is 79.9. The maximum Gasteiger partial charge on any atom is 0.225 e. The van der Waals surface area contributed by atoms with Crippen molar-refractivity contribution in [1.82, 2.24) is 15.5 Å². The fourth-order valence-electron chi connectivity index (χ4n) is 3.63. The van der Waals surface area contributed by atoms with Crippen LogP contribution in [0, 0.1) is 11.8 Å². The Labute approximate surface area is 174 Å². The van der Waals surface area contributed by atoms with Crippen LogP contribution in [0.2, 0.25) is 0 Å². The smallest absolute Gasteiger partial charge is 0.225 e. The van der Waals surface area contributed by atoms with Gasteiger partial charge in [-0.05, 0) is 49.3 Å². The van der Waals surface area contributed by atoms with Crippen molar-refractivity contribution in [3.05, 3.63) is 34.3 Å². The number of nitrogens with zero attached hydrogens (tertiary/aromatic N) is 1. The Morgan fingerprint density at radius 2 is 1.89 bits per heavy atom. The van der Waals surface area contributed by atoms with Gasteiger partial charge in [0.15, 0.2) is 0 Å². The van der Waals surface area contributed by atoms with Crippen molar-refractivity contribution in [2.45, 2.75) is 45.1 Å².